The molecule has 0 aromatic heterocycles. The molecule has 1 aliphatic heterocycles. The zero-order valence-electron chi connectivity index (χ0n) is 17.2. The van der Waals surface area contributed by atoms with Gasteiger partial charge in [-0.1, -0.05) is 48.0 Å². The minimum Gasteiger partial charge on any atom is -0.371 e. The van der Waals surface area contributed by atoms with Crippen LogP contribution in [0.1, 0.15) is 30.1 Å². The lowest BCUT2D eigenvalue weighted by Gasteiger charge is -2.33. The van der Waals surface area contributed by atoms with Crippen molar-refractivity contribution in [3.8, 4) is 0 Å². The van der Waals surface area contributed by atoms with Gasteiger partial charge in [0.1, 0.15) is 0 Å². The highest BCUT2D eigenvalue weighted by atomic mass is 35.5. The van der Waals surface area contributed by atoms with Crippen molar-refractivity contribution in [3.63, 3.8) is 0 Å². The van der Waals surface area contributed by atoms with E-state index in [1.54, 1.807) is 18.2 Å². The summed E-state index contributed by atoms with van der Waals surface area (Å²) >= 11 is 6.04. The number of rotatable bonds is 7. The van der Waals surface area contributed by atoms with Gasteiger partial charge < -0.3 is 15.4 Å². The number of hydrogen-bond donors (Lipinski definition) is 2. The van der Waals surface area contributed by atoms with Crippen LogP contribution >= 0.6 is 11.6 Å². The number of nitrogens with one attached hydrogen (secondary N) is 2. The van der Waals surface area contributed by atoms with E-state index in [1.165, 1.54) is 5.56 Å². The molecule has 2 aromatic carbocycles. The molecule has 0 spiro atoms. The highest BCUT2D eigenvalue weighted by Crippen LogP contribution is 2.22. The third-order valence-electron chi connectivity index (χ3n) is 5.14. The summed E-state index contributed by atoms with van der Waals surface area (Å²) in [5, 5.41) is 5.79. The number of benzene rings is 2. The van der Waals surface area contributed by atoms with Crippen LogP contribution in [-0.4, -0.2) is 49.5 Å². The largest absolute Gasteiger partial charge is 0.371 e. The Kier molecular flexibility index (Phi) is 8.25. The number of halogens is 1. The summed E-state index contributed by atoms with van der Waals surface area (Å²) in [6.07, 6.45) is 1.86. The van der Waals surface area contributed by atoms with Crippen molar-refractivity contribution in [1.29, 1.82) is 0 Å². The highest BCUT2D eigenvalue weighted by molar-refractivity contribution is 6.39. The molecule has 7 heteroatoms. The number of amides is 2. The summed E-state index contributed by atoms with van der Waals surface area (Å²) in [5.74, 6) is -1.32. The molecule has 1 unspecified atom stereocenters. The van der Waals surface area contributed by atoms with Crippen molar-refractivity contribution in [2.75, 3.05) is 38.1 Å². The number of unbranched alkanes of at least 4 members (excludes halogenated alkanes) is 1. The van der Waals surface area contributed by atoms with E-state index in [1.807, 2.05) is 25.1 Å². The second-order valence-corrected chi connectivity index (χ2v) is 7.86. The minimum atomic E-state index is -0.686. The molecule has 30 heavy (non-hydrogen) atoms. The Morgan fingerprint density at radius 3 is 2.70 bits per heavy atom. The summed E-state index contributed by atoms with van der Waals surface area (Å²) in [6, 6.07) is 15.4. The monoisotopic (exact) mass is 429 g/mol. The van der Waals surface area contributed by atoms with Gasteiger partial charge in [0.2, 0.25) is 0 Å². The SMILES string of the molecule is Cc1ccc(NC(=O)C(=O)NCCCCN2CCOC(c3ccccc3)C2)cc1Cl. The molecule has 1 atom stereocenters. The number of carbonyl (C=O) groups is 2. The molecule has 3 rings (SSSR count). The van der Waals surface area contributed by atoms with Gasteiger partial charge in [-0.2, -0.15) is 0 Å². The summed E-state index contributed by atoms with van der Waals surface area (Å²) in [4.78, 5) is 26.4. The van der Waals surface area contributed by atoms with Gasteiger partial charge in [-0.25, -0.2) is 0 Å². The number of ether oxygens (including phenoxy) is 1. The van der Waals surface area contributed by atoms with Crippen LogP contribution in [-0.2, 0) is 14.3 Å². The zero-order valence-corrected chi connectivity index (χ0v) is 18.0. The fraction of sp³-hybridized carbons (Fsp3) is 0.391. The van der Waals surface area contributed by atoms with Crippen molar-refractivity contribution in [2.45, 2.75) is 25.9 Å². The predicted molar refractivity (Wildman–Crippen MR) is 119 cm³/mol. The van der Waals surface area contributed by atoms with Gasteiger partial charge in [-0.15, -0.1) is 0 Å². The van der Waals surface area contributed by atoms with Gasteiger partial charge in [0.25, 0.3) is 0 Å². The van der Waals surface area contributed by atoms with Crippen LogP contribution in [0.25, 0.3) is 0 Å². The first-order valence-electron chi connectivity index (χ1n) is 10.3. The Labute approximate surface area is 182 Å². The Balaban J connectivity index is 1.33. The van der Waals surface area contributed by atoms with E-state index < -0.39 is 11.8 Å². The molecule has 2 N–H and O–H groups in total. The quantitative estimate of drug-likeness (QED) is 0.521. The number of anilines is 1. The first kappa shape index (κ1) is 22.3. The maximum atomic E-state index is 12.0. The molecule has 0 bridgehead atoms. The predicted octanol–water partition coefficient (Wildman–Crippen LogP) is 3.56. The first-order chi connectivity index (χ1) is 14.5. The summed E-state index contributed by atoms with van der Waals surface area (Å²) < 4.78 is 5.89. The summed E-state index contributed by atoms with van der Waals surface area (Å²) in [7, 11) is 0. The van der Waals surface area contributed by atoms with Gasteiger partial charge in [-0.05, 0) is 49.6 Å². The maximum Gasteiger partial charge on any atom is 0.313 e. The number of morpholine rings is 1. The van der Waals surface area contributed by atoms with Crippen LogP contribution in [0.2, 0.25) is 5.02 Å². The average Bonchev–Trinajstić information content (AvgIpc) is 2.76. The van der Waals surface area contributed by atoms with Crippen molar-refractivity contribution in [2.24, 2.45) is 0 Å². The zero-order chi connectivity index (χ0) is 21.3. The number of aryl methyl sites for hydroxylation is 1. The summed E-state index contributed by atoms with van der Waals surface area (Å²) in [6.45, 7) is 5.79. The van der Waals surface area contributed by atoms with E-state index in [0.717, 1.165) is 44.6 Å². The van der Waals surface area contributed by atoms with Crippen molar-refractivity contribution in [1.82, 2.24) is 10.2 Å². The fourth-order valence-electron chi connectivity index (χ4n) is 3.38. The van der Waals surface area contributed by atoms with Gasteiger partial charge in [0.15, 0.2) is 0 Å². The third kappa shape index (κ3) is 6.55. The highest BCUT2D eigenvalue weighted by Gasteiger charge is 2.21. The lowest BCUT2D eigenvalue weighted by molar-refractivity contribution is -0.136. The van der Waals surface area contributed by atoms with E-state index >= 15 is 0 Å². The Morgan fingerprint density at radius 1 is 1.13 bits per heavy atom. The average molecular weight is 430 g/mol. The van der Waals surface area contributed by atoms with E-state index in [9.17, 15) is 9.59 Å². The van der Waals surface area contributed by atoms with Crippen LogP contribution in [0.4, 0.5) is 5.69 Å². The lowest BCUT2D eigenvalue weighted by atomic mass is 10.1. The molecule has 1 fully saturated rings. The standard InChI is InChI=1S/C23H28ClN3O3/c1-17-9-10-19(15-20(17)24)26-23(29)22(28)25-11-5-6-12-27-13-14-30-21(16-27)18-7-3-2-4-8-18/h2-4,7-10,15,21H,5-6,11-14,16H2,1H3,(H,25,28)(H,26,29). The minimum absolute atomic E-state index is 0.110. The lowest BCUT2D eigenvalue weighted by Crippen LogP contribution is -2.39. The first-order valence-corrected chi connectivity index (χ1v) is 10.6. The Morgan fingerprint density at radius 2 is 1.93 bits per heavy atom. The normalized spacial score (nSPS) is 16.8. The van der Waals surface area contributed by atoms with E-state index in [2.05, 4.69) is 27.7 Å². The van der Waals surface area contributed by atoms with Crippen LogP contribution in [0.3, 0.4) is 0 Å². The molecule has 160 valence electrons. The van der Waals surface area contributed by atoms with Crippen LogP contribution in [0, 0.1) is 6.92 Å². The maximum absolute atomic E-state index is 12.0. The molecule has 2 amide bonds. The molecular formula is C23H28ClN3O3. The number of nitrogens with zero attached hydrogens (tertiary/aromatic N) is 1. The van der Waals surface area contributed by atoms with Crippen molar-refractivity contribution >= 4 is 29.1 Å². The van der Waals surface area contributed by atoms with Crippen LogP contribution < -0.4 is 10.6 Å². The Bertz CT molecular complexity index is 860. The molecule has 0 saturated carbocycles. The Hall–Kier alpha value is -2.41. The van der Waals surface area contributed by atoms with Gasteiger partial charge in [-0.3, -0.25) is 14.5 Å². The van der Waals surface area contributed by atoms with E-state index in [-0.39, 0.29) is 6.10 Å². The molecular weight excluding hydrogens is 402 g/mol. The van der Waals surface area contributed by atoms with Gasteiger partial charge in [0.05, 0.1) is 12.7 Å². The second-order valence-electron chi connectivity index (χ2n) is 7.45. The molecule has 1 saturated heterocycles. The second kappa shape index (κ2) is 11.1. The summed E-state index contributed by atoms with van der Waals surface area (Å²) in [5.41, 5.74) is 2.62. The number of hydrogen-bond acceptors (Lipinski definition) is 4. The van der Waals surface area contributed by atoms with Crippen molar-refractivity contribution < 1.29 is 14.3 Å². The van der Waals surface area contributed by atoms with E-state index in [4.69, 9.17) is 16.3 Å². The molecule has 0 aliphatic carbocycles. The molecule has 2 aromatic rings. The topological polar surface area (TPSA) is 70.7 Å². The fourth-order valence-corrected chi connectivity index (χ4v) is 3.56. The molecule has 0 radical (unpaired) electrons. The van der Waals surface area contributed by atoms with Crippen LogP contribution in [0.15, 0.2) is 48.5 Å². The molecule has 6 nitrogen and oxygen atoms in total. The van der Waals surface area contributed by atoms with Crippen molar-refractivity contribution in [3.05, 3.63) is 64.7 Å². The molecule has 1 aliphatic rings. The molecule has 1 heterocycles. The number of carbonyl (C=O) groups excluding carboxylic acids is 2. The third-order valence-corrected chi connectivity index (χ3v) is 5.55. The smallest absolute Gasteiger partial charge is 0.313 e. The van der Waals surface area contributed by atoms with Gasteiger partial charge >= 0.3 is 11.8 Å². The van der Waals surface area contributed by atoms with Gasteiger partial charge in [0, 0.05) is 30.3 Å². The van der Waals surface area contributed by atoms with Crippen LogP contribution in [0.5, 0.6) is 0 Å². The van der Waals surface area contributed by atoms with E-state index in [0.29, 0.717) is 17.3 Å².